The van der Waals surface area contributed by atoms with Crippen molar-refractivity contribution in [1.29, 1.82) is 0 Å². The van der Waals surface area contributed by atoms with Crippen molar-refractivity contribution in [2.75, 3.05) is 5.88 Å². The van der Waals surface area contributed by atoms with Crippen LogP contribution in [0.5, 0.6) is 0 Å². The SMILES string of the molecule is Cc1ccc2oc(CS(=O)(=O)C3=NOC(C)(CCl)C3)nc2c1. The topological polar surface area (TPSA) is 81.8 Å². The number of nitrogens with zero attached hydrogens (tertiary/aromatic N) is 2. The Morgan fingerprint density at radius 2 is 2.18 bits per heavy atom. The number of aryl methyl sites for hydroxylation is 1. The van der Waals surface area contributed by atoms with Gasteiger partial charge in [-0.15, -0.1) is 11.6 Å². The van der Waals surface area contributed by atoms with Gasteiger partial charge in [-0.3, -0.25) is 0 Å². The van der Waals surface area contributed by atoms with Crippen LogP contribution < -0.4 is 0 Å². The molecule has 1 aromatic heterocycles. The Kier molecular flexibility index (Phi) is 3.65. The number of hydrogen-bond donors (Lipinski definition) is 0. The largest absolute Gasteiger partial charge is 0.440 e. The second kappa shape index (κ2) is 5.24. The van der Waals surface area contributed by atoms with Crippen molar-refractivity contribution in [3.8, 4) is 0 Å². The summed E-state index contributed by atoms with van der Waals surface area (Å²) in [6, 6.07) is 5.50. The second-order valence-electron chi connectivity index (χ2n) is 5.67. The number of benzene rings is 1. The first-order valence-corrected chi connectivity index (χ1v) is 8.90. The Morgan fingerprint density at radius 3 is 2.86 bits per heavy atom. The van der Waals surface area contributed by atoms with Crippen LogP contribution >= 0.6 is 11.6 Å². The summed E-state index contributed by atoms with van der Waals surface area (Å²) in [5.74, 6) is -0.0401. The van der Waals surface area contributed by atoms with Gasteiger partial charge in [0.1, 0.15) is 11.3 Å². The van der Waals surface area contributed by atoms with E-state index in [0.717, 1.165) is 5.56 Å². The molecule has 8 heteroatoms. The second-order valence-corrected chi connectivity index (χ2v) is 7.93. The average Bonchev–Trinajstić information content (AvgIpc) is 3.02. The minimum atomic E-state index is -3.64. The van der Waals surface area contributed by atoms with E-state index in [4.69, 9.17) is 20.9 Å². The number of hydrogen-bond acceptors (Lipinski definition) is 6. The summed E-state index contributed by atoms with van der Waals surface area (Å²) in [6.45, 7) is 3.65. The van der Waals surface area contributed by atoms with Gasteiger partial charge < -0.3 is 9.25 Å². The zero-order valence-electron chi connectivity index (χ0n) is 12.2. The summed E-state index contributed by atoms with van der Waals surface area (Å²) >= 11 is 5.77. The predicted molar refractivity (Wildman–Crippen MR) is 83.6 cm³/mol. The molecule has 3 rings (SSSR count). The molecule has 0 saturated heterocycles. The molecule has 0 spiro atoms. The van der Waals surface area contributed by atoms with E-state index < -0.39 is 15.4 Å². The van der Waals surface area contributed by atoms with Crippen molar-refractivity contribution in [2.24, 2.45) is 5.16 Å². The number of sulfone groups is 1. The molecule has 22 heavy (non-hydrogen) atoms. The van der Waals surface area contributed by atoms with Crippen molar-refractivity contribution in [1.82, 2.24) is 4.98 Å². The van der Waals surface area contributed by atoms with Crippen molar-refractivity contribution in [3.63, 3.8) is 0 Å². The van der Waals surface area contributed by atoms with Gasteiger partial charge in [-0.05, 0) is 31.5 Å². The summed E-state index contributed by atoms with van der Waals surface area (Å²) < 4.78 is 30.3. The van der Waals surface area contributed by atoms with Gasteiger partial charge in [0.15, 0.2) is 16.2 Å². The fraction of sp³-hybridized carbons (Fsp3) is 0.429. The molecular formula is C14H15ClN2O4S. The minimum absolute atomic E-state index is 0.0194. The Bertz CT molecular complexity index is 859. The molecule has 1 aliphatic heterocycles. The van der Waals surface area contributed by atoms with Gasteiger partial charge in [-0.2, -0.15) is 0 Å². The van der Waals surface area contributed by atoms with E-state index in [1.807, 2.05) is 19.1 Å². The zero-order chi connectivity index (χ0) is 16.0. The Hall–Kier alpha value is -1.60. The molecule has 1 unspecified atom stereocenters. The van der Waals surface area contributed by atoms with Crippen LogP contribution in [0.25, 0.3) is 11.1 Å². The lowest BCUT2D eigenvalue weighted by atomic mass is 10.1. The van der Waals surface area contributed by atoms with E-state index in [9.17, 15) is 8.42 Å². The van der Waals surface area contributed by atoms with E-state index in [1.165, 1.54) is 0 Å². The summed E-state index contributed by atoms with van der Waals surface area (Å²) in [6.07, 6.45) is 0.151. The van der Waals surface area contributed by atoms with Crippen LogP contribution in [0.3, 0.4) is 0 Å². The lowest BCUT2D eigenvalue weighted by molar-refractivity contribution is 0.0152. The maximum atomic E-state index is 12.4. The van der Waals surface area contributed by atoms with Crippen molar-refractivity contribution < 1.29 is 17.7 Å². The molecule has 2 aromatic rings. The van der Waals surface area contributed by atoms with Gasteiger partial charge in [0.05, 0.1) is 5.88 Å². The molecule has 2 heterocycles. The molecule has 0 aliphatic carbocycles. The third-order valence-electron chi connectivity index (χ3n) is 3.44. The van der Waals surface area contributed by atoms with Gasteiger partial charge in [0.25, 0.3) is 0 Å². The number of fused-ring (bicyclic) bond motifs is 1. The maximum Gasteiger partial charge on any atom is 0.211 e. The normalized spacial score (nSPS) is 21.9. The van der Waals surface area contributed by atoms with Crippen LogP contribution in [0.15, 0.2) is 27.8 Å². The fourth-order valence-electron chi connectivity index (χ4n) is 2.18. The summed E-state index contributed by atoms with van der Waals surface area (Å²) in [7, 11) is -3.64. The molecule has 0 fully saturated rings. The molecule has 6 nitrogen and oxygen atoms in total. The molecular weight excluding hydrogens is 328 g/mol. The molecule has 0 N–H and O–H groups in total. The average molecular weight is 343 g/mol. The van der Waals surface area contributed by atoms with Crippen LogP contribution in [-0.4, -0.2) is 29.9 Å². The first kappa shape index (κ1) is 15.3. The fourth-order valence-corrected chi connectivity index (χ4v) is 3.61. The lowest BCUT2D eigenvalue weighted by Crippen LogP contribution is -2.28. The number of aromatic nitrogens is 1. The first-order chi connectivity index (χ1) is 10.3. The third-order valence-corrected chi connectivity index (χ3v) is 5.56. The number of oxime groups is 1. The summed E-state index contributed by atoms with van der Waals surface area (Å²) in [5.41, 5.74) is 1.45. The highest BCUT2D eigenvalue weighted by Crippen LogP contribution is 2.28. The van der Waals surface area contributed by atoms with E-state index in [-0.39, 0.29) is 29.0 Å². The number of halogens is 1. The van der Waals surface area contributed by atoms with Crippen molar-refractivity contribution in [3.05, 3.63) is 29.7 Å². The van der Waals surface area contributed by atoms with Crippen LogP contribution in [0.4, 0.5) is 0 Å². The summed E-state index contributed by atoms with van der Waals surface area (Å²) in [4.78, 5) is 9.35. The molecule has 1 atom stereocenters. The highest BCUT2D eigenvalue weighted by molar-refractivity contribution is 8.05. The smallest absolute Gasteiger partial charge is 0.211 e. The molecule has 0 bridgehead atoms. The van der Waals surface area contributed by atoms with Crippen LogP contribution in [0.1, 0.15) is 24.8 Å². The first-order valence-electron chi connectivity index (χ1n) is 6.71. The van der Waals surface area contributed by atoms with Crippen LogP contribution in [0.2, 0.25) is 0 Å². The summed E-state index contributed by atoms with van der Waals surface area (Å²) in [5, 5.41) is 3.65. The van der Waals surface area contributed by atoms with Gasteiger partial charge in [-0.1, -0.05) is 11.2 Å². The lowest BCUT2D eigenvalue weighted by Gasteiger charge is -2.16. The van der Waals surface area contributed by atoms with Crippen LogP contribution in [-0.2, 0) is 20.4 Å². The molecule has 1 aliphatic rings. The van der Waals surface area contributed by atoms with Crippen molar-refractivity contribution >= 4 is 37.6 Å². The Labute approximate surface area is 133 Å². The van der Waals surface area contributed by atoms with Gasteiger partial charge in [0.2, 0.25) is 15.7 Å². The van der Waals surface area contributed by atoms with E-state index in [2.05, 4.69) is 10.1 Å². The zero-order valence-corrected chi connectivity index (χ0v) is 13.7. The Balaban J connectivity index is 1.85. The van der Waals surface area contributed by atoms with Gasteiger partial charge in [-0.25, -0.2) is 13.4 Å². The highest BCUT2D eigenvalue weighted by Gasteiger charge is 2.39. The standard InChI is InChI=1S/C14H15ClN2O4S/c1-9-3-4-11-10(5-9)16-12(20-11)7-22(18,19)13-6-14(2,8-15)21-17-13/h3-5H,6-8H2,1-2H3. The van der Waals surface area contributed by atoms with E-state index >= 15 is 0 Å². The minimum Gasteiger partial charge on any atom is -0.440 e. The van der Waals surface area contributed by atoms with Gasteiger partial charge >= 0.3 is 0 Å². The monoisotopic (exact) mass is 342 g/mol. The quantitative estimate of drug-likeness (QED) is 0.801. The molecule has 1 aromatic carbocycles. The molecule has 0 amide bonds. The Morgan fingerprint density at radius 1 is 1.41 bits per heavy atom. The van der Waals surface area contributed by atoms with E-state index in [1.54, 1.807) is 13.0 Å². The number of alkyl halides is 1. The third kappa shape index (κ3) is 2.83. The molecule has 0 radical (unpaired) electrons. The van der Waals surface area contributed by atoms with Gasteiger partial charge in [0, 0.05) is 6.42 Å². The molecule has 118 valence electrons. The van der Waals surface area contributed by atoms with Crippen molar-refractivity contribution in [2.45, 2.75) is 31.6 Å². The van der Waals surface area contributed by atoms with Crippen LogP contribution in [0, 0.1) is 6.92 Å². The predicted octanol–water partition coefficient (Wildman–Crippen LogP) is 2.78. The number of oxazole rings is 1. The van der Waals surface area contributed by atoms with E-state index in [0.29, 0.717) is 11.1 Å². The number of rotatable bonds is 3. The highest BCUT2D eigenvalue weighted by atomic mass is 35.5. The molecule has 0 saturated carbocycles. The maximum absolute atomic E-state index is 12.4.